The van der Waals surface area contributed by atoms with Crippen molar-refractivity contribution >= 4 is 27.7 Å². The number of hydrogen-bond acceptors (Lipinski definition) is 6. The van der Waals surface area contributed by atoms with Crippen molar-refractivity contribution in [2.45, 2.75) is 11.5 Å². The van der Waals surface area contributed by atoms with E-state index in [1.807, 2.05) is 36.4 Å². The minimum absolute atomic E-state index is 0.0850. The molecule has 8 nitrogen and oxygen atoms in total. The number of hydrogen-bond donors (Lipinski definition) is 2. The van der Waals surface area contributed by atoms with E-state index < -0.39 is 15.9 Å². The first-order valence-electron chi connectivity index (χ1n) is 9.71. The average Bonchev–Trinajstić information content (AvgIpc) is 2.81. The van der Waals surface area contributed by atoms with Crippen molar-refractivity contribution in [3.05, 3.63) is 89.5 Å². The van der Waals surface area contributed by atoms with Gasteiger partial charge < -0.3 is 14.8 Å². The van der Waals surface area contributed by atoms with E-state index in [1.54, 1.807) is 18.2 Å². The third-order valence-electron chi connectivity index (χ3n) is 4.54. The molecule has 3 rings (SSSR count). The molecule has 0 atom stereocenters. The Morgan fingerprint density at radius 2 is 1.76 bits per heavy atom. The number of ether oxygens (including phenoxy) is 2. The molecule has 3 aromatic rings. The van der Waals surface area contributed by atoms with Crippen LogP contribution in [0, 0.1) is 11.3 Å². The number of nitrogens with zero attached hydrogens (tertiary/aromatic N) is 1. The second-order valence-electron chi connectivity index (χ2n) is 6.88. The molecule has 3 aromatic carbocycles. The van der Waals surface area contributed by atoms with Gasteiger partial charge in [0.15, 0.2) is 11.5 Å². The highest BCUT2D eigenvalue weighted by Gasteiger charge is 2.13. The first-order valence-corrected chi connectivity index (χ1v) is 11.3. The molecule has 0 aliphatic rings. The van der Waals surface area contributed by atoms with Gasteiger partial charge in [0.2, 0.25) is 10.0 Å². The van der Waals surface area contributed by atoms with Crippen molar-refractivity contribution in [3.8, 4) is 17.6 Å². The third kappa shape index (κ3) is 6.43. The maximum absolute atomic E-state index is 12.5. The molecule has 0 fully saturated rings. The maximum atomic E-state index is 12.5. The quantitative estimate of drug-likeness (QED) is 0.388. The summed E-state index contributed by atoms with van der Waals surface area (Å²) in [5, 5.41) is 17.1. The Hall–Kier alpha value is -4.13. The number of carbonyl (C=O) groups is 1. The first kappa shape index (κ1) is 23.5. The van der Waals surface area contributed by atoms with Crippen molar-refractivity contribution in [1.29, 1.82) is 5.26 Å². The van der Waals surface area contributed by atoms with Gasteiger partial charge >= 0.3 is 0 Å². The number of amides is 1. The van der Waals surface area contributed by atoms with Crippen LogP contribution in [0.1, 0.15) is 11.1 Å². The summed E-state index contributed by atoms with van der Waals surface area (Å²) in [7, 11) is -2.34. The molecule has 0 aromatic heterocycles. The molecule has 0 radical (unpaired) electrons. The van der Waals surface area contributed by atoms with Gasteiger partial charge in [-0.2, -0.15) is 5.26 Å². The lowest BCUT2D eigenvalue weighted by Gasteiger charge is -2.11. The minimum atomic E-state index is -3.84. The average molecular weight is 464 g/mol. The van der Waals surface area contributed by atoms with Crippen LogP contribution in [-0.4, -0.2) is 21.4 Å². The predicted octanol–water partition coefficient (Wildman–Crippen LogP) is 3.47. The van der Waals surface area contributed by atoms with Crippen LogP contribution in [-0.2, 0) is 21.4 Å². The lowest BCUT2D eigenvalue weighted by molar-refractivity contribution is -0.112. The van der Waals surface area contributed by atoms with Crippen molar-refractivity contribution in [3.63, 3.8) is 0 Å². The lowest BCUT2D eigenvalue weighted by atomic mass is 10.1. The van der Waals surface area contributed by atoms with E-state index >= 15 is 0 Å². The largest absolute Gasteiger partial charge is 0.493 e. The zero-order valence-corrected chi connectivity index (χ0v) is 18.5. The molecule has 168 valence electrons. The SMILES string of the molecule is COc1cc(/C=C(\C#N)C(=O)Nc2ccc(S(N)(=O)=O)cc2)ccc1OCc1ccccc1. The van der Waals surface area contributed by atoms with Gasteiger partial charge in [0.25, 0.3) is 5.91 Å². The number of anilines is 1. The normalized spacial score (nSPS) is 11.4. The summed E-state index contributed by atoms with van der Waals surface area (Å²) in [6.45, 7) is 0.364. The van der Waals surface area contributed by atoms with Crippen molar-refractivity contribution < 1.29 is 22.7 Å². The Morgan fingerprint density at radius 3 is 2.36 bits per heavy atom. The fraction of sp³-hybridized carbons (Fsp3) is 0.0833. The van der Waals surface area contributed by atoms with E-state index in [-0.39, 0.29) is 10.5 Å². The highest BCUT2D eigenvalue weighted by atomic mass is 32.2. The molecule has 0 unspecified atom stereocenters. The number of rotatable bonds is 8. The highest BCUT2D eigenvalue weighted by Crippen LogP contribution is 2.29. The van der Waals surface area contributed by atoms with Gasteiger partial charge in [0.05, 0.1) is 12.0 Å². The van der Waals surface area contributed by atoms with Crippen molar-refractivity contribution in [1.82, 2.24) is 0 Å². The molecule has 0 saturated heterocycles. The van der Waals surface area contributed by atoms with Crippen molar-refractivity contribution in [2.75, 3.05) is 12.4 Å². The molecule has 3 N–H and O–H groups in total. The maximum Gasteiger partial charge on any atom is 0.266 e. The van der Waals surface area contributed by atoms with Crippen LogP contribution < -0.4 is 19.9 Å². The Bertz CT molecular complexity index is 1310. The number of benzene rings is 3. The zero-order chi connectivity index (χ0) is 23.8. The van der Waals surface area contributed by atoms with Gasteiger partial charge in [0, 0.05) is 5.69 Å². The highest BCUT2D eigenvalue weighted by molar-refractivity contribution is 7.89. The molecule has 0 heterocycles. The second-order valence-corrected chi connectivity index (χ2v) is 8.44. The number of nitriles is 1. The molecule has 0 saturated carbocycles. The van der Waals surface area contributed by atoms with E-state index in [1.165, 1.54) is 37.5 Å². The molecule has 1 amide bonds. The standard InChI is InChI=1S/C24H21N3O5S/c1-31-23-14-18(7-12-22(23)32-16-17-5-3-2-4-6-17)13-19(15-25)24(28)27-20-8-10-21(11-9-20)33(26,29)30/h2-14H,16H2,1H3,(H,27,28)(H2,26,29,30)/b19-13+. The Labute approximate surface area is 191 Å². The smallest absolute Gasteiger partial charge is 0.266 e. The molecule has 0 aliphatic carbocycles. The molecule has 0 aliphatic heterocycles. The van der Waals surface area contributed by atoms with Crippen LogP contribution >= 0.6 is 0 Å². The van der Waals surface area contributed by atoms with E-state index in [4.69, 9.17) is 14.6 Å². The van der Waals surface area contributed by atoms with Gasteiger partial charge in [-0.1, -0.05) is 36.4 Å². The van der Waals surface area contributed by atoms with Crippen LogP contribution in [0.4, 0.5) is 5.69 Å². The fourth-order valence-corrected chi connectivity index (χ4v) is 3.39. The summed E-state index contributed by atoms with van der Waals surface area (Å²) >= 11 is 0. The molecular weight excluding hydrogens is 442 g/mol. The molecule has 33 heavy (non-hydrogen) atoms. The predicted molar refractivity (Wildman–Crippen MR) is 124 cm³/mol. The summed E-state index contributed by atoms with van der Waals surface area (Å²) in [5.74, 6) is 0.330. The fourth-order valence-electron chi connectivity index (χ4n) is 2.87. The van der Waals surface area contributed by atoms with E-state index in [0.29, 0.717) is 29.4 Å². The van der Waals surface area contributed by atoms with Gasteiger partial charge in [-0.25, -0.2) is 13.6 Å². The van der Waals surface area contributed by atoms with Crippen LogP contribution in [0.5, 0.6) is 11.5 Å². The monoisotopic (exact) mass is 463 g/mol. The Balaban J connectivity index is 1.74. The van der Waals surface area contributed by atoms with Crippen LogP contribution in [0.2, 0.25) is 0 Å². The van der Waals surface area contributed by atoms with E-state index in [9.17, 15) is 18.5 Å². The van der Waals surface area contributed by atoms with Gasteiger partial charge in [-0.05, 0) is 53.6 Å². The van der Waals surface area contributed by atoms with Gasteiger partial charge in [-0.15, -0.1) is 0 Å². The number of primary sulfonamides is 1. The van der Waals surface area contributed by atoms with E-state index in [2.05, 4.69) is 5.32 Å². The number of carbonyl (C=O) groups excluding carboxylic acids is 1. The summed E-state index contributed by atoms with van der Waals surface area (Å²) in [5.41, 5.74) is 1.74. The zero-order valence-electron chi connectivity index (χ0n) is 17.7. The van der Waals surface area contributed by atoms with Crippen molar-refractivity contribution in [2.24, 2.45) is 5.14 Å². The number of nitrogens with one attached hydrogen (secondary N) is 1. The molecular formula is C24H21N3O5S. The van der Waals surface area contributed by atoms with Gasteiger partial charge in [-0.3, -0.25) is 4.79 Å². The summed E-state index contributed by atoms with van der Waals surface area (Å²) < 4.78 is 33.9. The molecule has 0 spiro atoms. The van der Waals surface area contributed by atoms with Crippen LogP contribution in [0.15, 0.2) is 83.3 Å². The first-order chi connectivity index (χ1) is 15.8. The minimum Gasteiger partial charge on any atom is -0.493 e. The number of sulfonamides is 1. The van der Waals surface area contributed by atoms with Crippen LogP contribution in [0.25, 0.3) is 6.08 Å². The lowest BCUT2D eigenvalue weighted by Crippen LogP contribution is -2.14. The summed E-state index contributed by atoms with van der Waals surface area (Å²) in [6.07, 6.45) is 1.41. The summed E-state index contributed by atoms with van der Waals surface area (Å²) in [6, 6.07) is 21.9. The Morgan fingerprint density at radius 1 is 1.06 bits per heavy atom. The molecule has 0 bridgehead atoms. The summed E-state index contributed by atoms with van der Waals surface area (Å²) in [4.78, 5) is 12.4. The third-order valence-corrected chi connectivity index (χ3v) is 5.47. The molecule has 9 heteroatoms. The number of nitrogens with two attached hydrogens (primary N) is 1. The van der Waals surface area contributed by atoms with Crippen LogP contribution in [0.3, 0.4) is 0 Å². The topological polar surface area (TPSA) is 132 Å². The van der Waals surface area contributed by atoms with Gasteiger partial charge in [0.1, 0.15) is 18.2 Å². The second kappa shape index (κ2) is 10.5. The Kier molecular flexibility index (Phi) is 7.46. The number of methoxy groups -OCH3 is 1. The van der Waals surface area contributed by atoms with E-state index in [0.717, 1.165) is 5.56 Å².